The molecule has 0 unspecified atom stereocenters. The lowest BCUT2D eigenvalue weighted by Crippen LogP contribution is -2.30. The summed E-state index contributed by atoms with van der Waals surface area (Å²) in [5.74, 6) is 0.449. The summed E-state index contributed by atoms with van der Waals surface area (Å²) in [6, 6.07) is 10.9. The third-order valence-electron chi connectivity index (χ3n) is 3.35. The lowest BCUT2D eigenvalue weighted by Gasteiger charge is -2.07. The second kappa shape index (κ2) is 7.99. The number of imidazole rings is 1. The highest BCUT2D eigenvalue weighted by molar-refractivity contribution is 7.13. The maximum atomic E-state index is 11.8. The average molecular weight is 362 g/mol. The van der Waals surface area contributed by atoms with E-state index in [0.29, 0.717) is 23.7 Å². The number of hydrogen-bond acceptors (Lipinski definition) is 4. The van der Waals surface area contributed by atoms with Gasteiger partial charge in [-0.2, -0.15) is 0 Å². The Morgan fingerprint density at radius 3 is 2.88 bits per heavy atom. The molecule has 3 aromatic rings. The SMILES string of the molecule is O=C(COc1ccc(Cl)cc1)NCCc1[nH]cnc1-c1cccs1. The second-order valence-electron chi connectivity index (χ2n) is 5.05. The van der Waals surface area contributed by atoms with E-state index in [2.05, 4.69) is 15.3 Å². The van der Waals surface area contributed by atoms with E-state index in [1.54, 1.807) is 41.9 Å². The highest BCUT2D eigenvalue weighted by atomic mass is 35.5. The van der Waals surface area contributed by atoms with Gasteiger partial charge in [0.2, 0.25) is 0 Å². The summed E-state index contributed by atoms with van der Waals surface area (Å²) < 4.78 is 5.40. The predicted octanol–water partition coefficient (Wildman–Crippen LogP) is 3.53. The highest BCUT2D eigenvalue weighted by Gasteiger charge is 2.09. The van der Waals surface area contributed by atoms with Gasteiger partial charge in [0, 0.05) is 23.7 Å². The molecule has 1 amide bonds. The Labute approximate surface area is 148 Å². The molecule has 0 bridgehead atoms. The van der Waals surface area contributed by atoms with Gasteiger partial charge in [0.15, 0.2) is 6.61 Å². The fraction of sp³-hybridized carbons (Fsp3) is 0.176. The Bertz CT molecular complexity index is 785. The number of rotatable bonds is 7. The van der Waals surface area contributed by atoms with Gasteiger partial charge in [-0.1, -0.05) is 17.7 Å². The van der Waals surface area contributed by atoms with Crippen LogP contribution in [-0.2, 0) is 11.2 Å². The molecule has 0 saturated heterocycles. The van der Waals surface area contributed by atoms with Gasteiger partial charge in [0.05, 0.1) is 11.2 Å². The monoisotopic (exact) mass is 361 g/mol. The van der Waals surface area contributed by atoms with Crippen molar-refractivity contribution < 1.29 is 9.53 Å². The molecule has 24 heavy (non-hydrogen) atoms. The van der Waals surface area contributed by atoms with Crippen LogP contribution < -0.4 is 10.1 Å². The van der Waals surface area contributed by atoms with Crippen LogP contribution in [-0.4, -0.2) is 29.0 Å². The van der Waals surface area contributed by atoms with Gasteiger partial charge in [0.25, 0.3) is 5.91 Å². The summed E-state index contributed by atoms with van der Waals surface area (Å²) in [4.78, 5) is 20.4. The maximum Gasteiger partial charge on any atom is 0.257 e. The molecule has 2 N–H and O–H groups in total. The molecule has 0 aliphatic carbocycles. The van der Waals surface area contributed by atoms with Crippen LogP contribution in [0.2, 0.25) is 5.02 Å². The predicted molar refractivity (Wildman–Crippen MR) is 95.6 cm³/mol. The molecule has 7 heteroatoms. The van der Waals surface area contributed by atoms with E-state index in [9.17, 15) is 4.79 Å². The molecule has 2 heterocycles. The molecule has 0 aliphatic heterocycles. The van der Waals surface area contributed by atoms with E-state index in [1.165, 1.54) is 0 Å². The highest BCUT2D eigenvalue weighted by Crippen LogP contribution is 2.25. The molecule has 0 saturated carbocycles. The van der Waals surface area contributed by atoms with Gasteiger partial charge in [-0.15, -0.1) is 11.3 Å². The van der Waals surface area contributed by atoms with Crippen LogP contribution in [0.4, 0.5) is 0 Å². The van der Waals surface area contributed by atoms with Crippen molar-refractivity contribution in [3.8, 4) is 16.3 Å². The van der Waals surface area contributed by atoms with Crippen LogP contribution in [0, 0.1) is 0 Å². The van der Waals surface area contributed by atoms with Crippen molar-refractivity contribution in [1.82, 2.24) is 15.3 Å². The lowest BCUT2D eigenvalue weighted by atomic mass is 10.2. The molecule has 0 atom stereocenters. The number of nitrogens with one attached hydrogen (secondary N) is 2. The van der Waals surface area contributed by atoms with Crippen molar-refractivity contribution >= 4 is 28.8 Å². The fourth-order valence-corrected chi connectivity index (χ4v) is 3.07. The Balaban J connectivity index is 1.44. The lowest BCUT2D eigenvalue weighted by molar-refractivity contribution is -0.123. The zero-order chi connectivity index (χ0) is 16.8. The number of aromatic amines is 1. The molecule has 0 aliphatic rings. The number of carbonyl (C=O) groups is 1. The summed E-state index contributed by atoms with van der Waals surface area (Å²) in [6.07, 6.45) is 2.36. The minimum absolute atomic E-state index is 0.0254. The molecule has 0 radical (unpaired) electrons. The molecular formula is C17H16ClN3O2S. The fourth-order valence-electron chi connectivity index (χ4n) is 2.19. The first-order valence-corrected chi connectivity index (χ1v) is 8.69. The third kappa shape index (κ3) is 4.37. The number of halogens is 1. The van der Waals surface area contributed by atoms with Crippen molar-refractivity contribution in [3.05, 3.63) is 58.8 Å². The van der Waals surface area contributed by atoms with E-state index < -0.39 is 0 Å². The van der Waals surface area contributed by atoms with Gasteiger partial charge in [-0.3, -0.25) is 4.79 Å². The van der Waals surface area contributed by atoms with E-state index in [1.807, 2.05) is 17.5 Å². The Morgan fingerprint density at radius 2 is 2.12 bits per heavy atom. The van der Waals surface area contributed by atoms with Crippen LogP contribution in [0.15, 0.2) is 48.1 Å². The first-order chi connectivity index (χ1) is 11.7. The molecule has 124 valence electrons. The van der Waals surface area contributed by atoms with Crippen molar-refractivity contribution in [2.45, 2.75) is 6.42 Å². The van der Waals surface area contributed by atoms with Gasteiger partial charge >= 0.3 is 0 Å². The summed E-state index contributed by atoms with van der Waals surface area (Å²) in [5.41, 5.74) is 1.95. The molecule has 5 nitrogen and oxygen atoms in total. The quantitative estimate of drug-likeness (QED) is 0.676. The Kier molecular flexibility index (Phi) is 5.51. The molecule has 1 aromatic carbocycles. The minimum atomic E-state index is -0.165. The molecule has 3 rings (SSSR count). The van der Waals surface area contributed by atoms with Crippen LogP contribution >= 0.6 is 22.9 Å². The van der Waals surface area contributed by atoms with Crippen molar-refractivity contribution in [3.63, 3.8) is 0 Å². The molecular weight excluding hydrogens is 346 g/mol. The number of benzene rings is 1. The molecule has 0 fully saturated rings. The number of carbonyl (C=O) groups excluding carboxylic acids is 1. The van der Waals surface area contributed by atoms with Crippen LogP contribution in [0.3, 0.4) is 0 Å². The minimum Gasteiger partial charge on any atom is -0.484 e. The van der Waals surface area contributed by atoms with Crippen LogP contribution in [0.1, 0.15) is 5.69 Å². The summed E-state index contributed by atoms with van der Waals surface area (Å²) in [7, 11) is 0. The van der Waals surface area contributed by atoms with Crippen LogP contribution in [0.5, 0.6) is 5.75 Å². The van der Waals surface area contributed by atoms with E-state index >= 15 is 0 Å². The first-order valence-electron chi connectivity index (χ1n) is 7.43. The smallest absolute Gasteiger partial charge is 0.257 e. The Morgan fingerprint density at radius 1 is 1.29 bits per heavy atom. The zero-order valence-corrected chi connectivity index (χ0v) is 14.4. The van der Waals surface area contributed by atoms with E-state index in [-0.39, 0.29) is 12.5 Å². The van der Waals surface area contributed by atoms with Crippen molar-refractivity contribution in [2.24, 2.45) is 0 Å². The topological polar surface area (TPSA) is 67.0 Å². The standard InChI is InChI=1S/C17H16ClN3O2S/c18-12-3-5-13(6-4-12)23-10-16(22)19-8-7-14-17(21-11-20-14)15-2-1-9-24-15/h1-6,9,11H,7-8,10H2,(H,19,22)(H,20,21). The van der Waals surface area contributed by atoms with Crippen molar-refractivity contribution in [2.75, 3.05) is 13.2 Å². The number of H-pyrrole nitrogens is 1. The van der Waals surface area contributed by atoms with Gasteiger partial charge in [-0.05, 0) is 35.7 Å². The zero-order valence-electron chi connectivity index (χ0n) is 12.8. The molecule has 0 spiro atoms. The number of amides is 1. The third-order valence-corrected chi connectivity index (χ3v) is 4.48. The second-order valence-corrected chi connectivity index (χ2v) is 6.43. The van der Waals surface area contributed by atoms with Crippen LogP contribution in [0.25, 0.3) is 10.6 Å². The summed E-state index contributed by atoms with van der Waals surface area (Å²) in [6.45, 7) is 0.492. The average Bonchev–Trinajstić information content (AvgIpc) is 3.25. The number of hydrogen-bond donors (Lipinski definition) is 2. The summed E-state index contributed by atoms with van der Waals surface area (Å²) >= 11 is 7.44. The summed E-state index contributed by atoms with van der Waals surface area (Å²) in [5, 5.41) is 5.49. The number of nitrogens with zero attached hydrogens (tertiary/aromatic N) is 1. The number of aromatic nitrogens is 2. The largest absolute Gasteiger partial charge is 0.484 e. The molecule has 2 aromatic heterocycles. The van der Waals surface area contributed by atoms with Gasteiger partial charge < -0.3 is 15.0 Å². The first kappa shape index (κ1) is 16.5. The van der Waals surface area contributed by atoms with E-state index in [0.717, 1.165) is 16.3 Å². The van der Waals surface area contributed by atoms with Crippen molar-refractivity contribution in [1.29, 1.82) is 0 Å². The number of ether oxygens (including phenoxy) is 1. The number of thiophene rings is 1. The van der Waals surface area contributed by atoms with Gasteiger partial charge in [0.1, 0.15) is 11.4 Å². The Hall–Kier alpha value is -2.31. The normalized spacial score (nSPS) is 10.5. The maximum absolute atomic E-state index is 11.8. The van der Waals surface area contributed by atoms with E-state index in [4.69, 9.17) is 16.3 Å². The van der Waals surface area contributed by atoms with Gasteiger partial charge in [-0.25, -0.2) is 4.98 Å².